The van der Waals surface area contributed by atoms with Gasteiger partial charge < -0.3 is 14.3 Å². The van der Waals surface area contributed by atoms with E-state index in [0.29, 0.717) is 13.2 Å². The van der Waals surface area contributed by atoms with E-state index in [1.807, 2.05) is 31.2 Å². The number of hydrogen-bond acceptors (Lipinski definition) is 3. The Hall–Kier alpha value is -1.35. The molecular formula is C12H16O3. The lowest BCUT2D eigenvalue weighted by molar-refractivity contribution is -0.112. The minimum absolute atomic E-state index is 0.0387. The fourth-order valence-corrected chi connectivity index (χ4v) is 1.12. The Balaban J connectivity index is 2.34. The average Bonchev–Trinajstić information content (AvgIpc) is 2.29. The summed E-state index contributed by atoms with van der Waals surface area (Å²) in [5.41, 5.74) is 1.08. The highest BCUT2D eigenvalue weighted by Gasteiger charge is 2.00. The monoisotopic (exact) mass is 208 g/mol. The van der Waals surface area contributed by atoms with Crippen molar-refractivity contribution in [2.45, 2.75) is 13.5 Å². The number of hydrogen-bond donors (Lipinski definition) is 0. The molecule has 0 aromatic heterocycles. The lowest BCUT2D eigenvalue weighted by atomic mass is 10.2. The van der Waals surface area contributed by atoms with Crippen LogP contribution >= 0.6 is 0 Å². The standard InChI is InChI=1S/C12H16O3/c1-10(7-13)8-15-9-11-3-5-12(14-2)6-4-11/h3-7,10H,8-9H2,1-2H3/t10-/m1/s1. The number of methoxy groups -OCH3 is 1. The summed E-state index contributed by atoms with van der Waals surface area (Å²) in [5.74, 6) is 0.795. The van der Waals surface area contributed by atoms with Gasteiger partial charge in [-0.1, -0.05) is 19.1 Å². The SMILES string of the molecule is COc1ccc(COC[C@H](C)C=O)cc1. The predicted octanol–water partition coefficient (Wildman–Crippen LogP) is 2.05. The van der Waals surface area contributed by atoms with Gasteiger partial charge in [0, 0.05) is 5.92 Å². The molecule has 15 heavy (non-hydrogen) atoms. The topological polar surface area (TPSA) is 35.5 Å². The largest absolute Gasteiger partial charge is 0.497 e. The van der Waals surface area contributed by atoms with Crippen LogP contribution in [0.15, 0.2) is 24.3 Å². The molecule has 3 nitrogen and oxygen atoms in total. The lowest BCUT2D eigenvalue weighted by Gasteiger charge is -2.06. The second-order valence-electron chi connectivity index (χ2n) is 3.48. The number of carbonyl (C=O) groups excluding carboxylic acids is 1. The Bertz CT molecular complexity index is 292. The first-order valence-corrected chi connectivity index (χ1v) is 4.92. The summed E-state index contributed by atoms with van der Waals surface area (Å²) in [4.78, 5) is 10.3. The van der Waals surface area contributed by atoms with Gasteiger partial charge in [-0.15, -0.1) is 0 Å². The maximum Gasteiger partial charge on any atom is 0.125 e. The fraction of sp³-hybridized carbons (Fsp3) is 0.417. The van der Waals surface area contributed by atoms with Crippen LogP contribution in [0.4, 0.5) is 0 Å². The van der Waals surface area contributed by atoms with Crippen LogP contribution in [0.3, 0.4) is 0 Å². The third kappa shape index (κ3) is 4.13. The molecule has 0 aliphatic carbocycles. The molecule has 0 aliphatic heterocycles. The molecule has 0 unspecified atom stereocenters. The zero-order valence-corrected chi connectivity index (χ0v) is 9.10. The molecule has 1 atom stereocenters. The van der Waals surface area contributed by atoms with Gasteiger partial charge in [0.05, 0.1) is 20.3 Å². The van der Waals surface area contributed by atoms with Crippen LogP contribution in [0.25, 0.3) is 0 Å². The van der Waals surface area contributed by atoms with E-state index in [2.05, 4.69) is 0 Å². The smallest absolute Gasteiger partial charge is 0.125 e. The van der Waals surface area contributed by atoms with Crippen molar-refractivity contribution in [1.82, 2.24) is 0 Å². The van der Waals surface area contributed by atoms with Gasteiger partial charge in [-0.05, 0) is 17.7 Å². The van der Waals surface area contributed by atoms with Gasteiger partial charge in [0.2, 0.25) is 0 Å². The minimum Gasteiger partial charge on any atom is -0.497 e. The summed E-state index contributed by atoms with van der Waals surface area (Å²) >= 11 is 0. The molecule has 0 saturated carbocycles. The Morgan fingerprint density at radius 1 is 1.33 bits per heavy atom. The summed E-state index contributed by atoms with van der Waals surface area (Å²) in [6.45, 7) is 2.83. The van der Waals surface area contributed by atoms with E-state index in [1.165, 1.54) is 0 Å². The van der Waals surface area contributed by atoms with Crippen LogP contribution in [-0.2, 0) is 16.1 Å². The lowest BCUT2D eigenvalue weighted by Crippen LogP contribution is -2.06. The van der Waals surface area contributed by atoms with Crippen LogP contribution in [0.5, 0.6) is 5.75 Å². The number of aldehydes is 1. The summed E-state index contributed by atoms with van der Waals surface area (Å²) in [7, 11) is 1.64. The van der Waals surface area contributed by atoms with Gasteiger partial charge in [0.15, 0.2) is 0 Å². The number of carbonyl (C=O) groups is 1. The molecule has 3 heteroatoms. The maximum absolute atomic E-state index is 10.3. The van der Waals surface area contributed by atoms with Crippen molar-refractivity contribution >= 4 is 6.29 Å². The summed E-state index contributed by atoms with van der Waals surface area (Å²) in [5, 5.41) is 0. The molecule has 0 spiro atoms. The molecule has 0 radical (unpaired) electrons. The third-order valence-electron chi connectivity index (χ3n) is 2.04. The van der Waals surface area contributed by atoms with E-state index in [4.69, 9.17) is 9.47 Å². The summed E-state index contributed by atoms with van der Waals surface area (Å²) in [6, 6.07) is 7.68. The fourth-order valence-electron chi connectivity index (χ4n) is 1.12. The van der Waals surface area contributed by atoms with Crippen molar-refractivity contribution in [3.05, 3.63) is 29.8 Å². The molecular weight excluding hydrogens is 192 g/mol. The van der Waals surface area contributed by atoms with Crippen LogP contribution in [0.1, 0.15) is 12.5 Å². The highest BCUT2D eigenvalue weighted by molar-refractivity contribution is 5.52. The summed E-state index contributed by atoms with van der Waals surface area (Å²) < 4.78 is 10.4. The van der Waals surface area contributed by atoms with E-state index < -0.39 is 0 Å². The normalized spacial score (nSPS) is 12.1. The maximum atomic E-state index is 10.3. The minimum atomic E-state index is -0.0387. The third-order valence-corrected chi connectivity index (χ3v) is 2.04. The quantitative estimate of drug-likeness (QED) is 0.671. The molecule has 0 fully saturated rings. The molecule has 0 amide bonds. The van der Waals surface area contributed by atoms with Gasteiger partial charge in [0.25, 0.3) is 0 Å². The van der Waals surface area contributed by atoms with Crippen LogP contribution in [0.2, 0.25) is 0 Å². The first-order valence-electron chi connectivity index (χ1n) is 4.92. The zero-order valence-electron chi connectivity index (χ0n) is 9.10. The Kier molecular flexibility index (Phi) is 4.84. The first kappa shape index (κ1) is 11.7. The Morgan fingerprint density at radius 2 is 2.00 bits per heavy atom. The Labute approximate surface area is 90.0 Å². The molecule has 0 N–H and O–H groups in total. The van der Waals surface area contributed by atoms with E-state index in [9.17, 15) is 4.79 Å². The van der Waals surface area contributed by atoms with E-state index in [0.717, 1.165) is 17.6 Å². The van der Waals surface area contributed by atoms with Crippen LogP contribution in [0, 0.1) is 5.92 Å². The zero-order chi connectivity index (χ0) is 11.1. The average molecular weight is 208 g/mol. The molecule has 1 aromatic carbocycles. The first-order chi connectivity index (χ1) is 7.26. The van der Waals surface area contributed by atoms with Crippen molar-refractivity contribution in [2.24, 2.45) is 5.92 Å². The number of rotatable bonds is 6. The van der Waals surface area contributed by atoms with Gasteiger partial charge in [-0.25, -0.2) is 0 Å². The molecule has 0 bridgehead atoms. The van der Waals surface area contributed by atoms with Crippen molar-refractivity contribution in [1.29, 1.82) is 0 Å². The van der Waals surface area contributed by atoms with Crippen molar-refractivity contribution < 1.29 is 14.3 Å². The molecule has 0 heterocycles. The van der Waals surface area contributed by atoms with Gasteiger partial charge >= 0.3 is 0 Å². The van der Waals surface area contributed by atoms with Crippen LogP contribution < -0.4 is 4.74 Å². The van der Waals surface area contributed by atoms with E-state index in [1.54, 1.807) is 7.11 Å². The van der Waals surface area contributed by atoms with Crippen molar-refractivity contribution in [3.63, 3.8) is 0 Å². The second kappa shape index (κ2) is 6.19. The predicted molar refractivity (Wildman–Crippen MR) is 57.9 cm³/mol. The highest BCUT2D eigenvalue weighted by Crippen LogP contribution is 2.12. The van der Waals surface area contributed by atoms with E-state index >= 15 is 0 Å². The highest BCUT2D eigenvalue weighted by atomic mass is 16.5. The molecule has 1 rings (SSSR count). The molecule has 0 saturated heterocycles. The Morgan fingerprint density at radius 3 is 2.53 bits per heavy atom. The molecule has 1 aromatic rings. The molecule has 0 aliphatic rings. The van der Waals surface area contributed by atoms with Gasteiger partial charge in [0.1, 0.15) is 12.0 Å². The van der Waals surface area contributed by atoms with Crippen molar-refractivity contribution in [3.8, 4) is 5.75 Å². The summed E-state index contributed by atoms with van der Waals surface area (Å²) in [6.07, 6.45) is 0.897. The number of ether oxygens (including phenoxy) is 2. The van der Waals surface area contributed by atoms with Crippen molar-refractivity contribution in [2.75, 3.05) is 13.7 Å². The van der Waals surface area contributed by atoms with Crippen LogP contribution in [-0.4, -0.2) is 20.0 Å². The van der Waals surface area contributed by atoms with Gasteiger partial charge in [-0.2, -0.15) is 0 Å². The van der Waals surface area contributed by atoms with E-state index in [-0.39, 0.29) is 5.92 Å². The molecule has 82 valence electrons. The van der Waals surface area contributed by atoms with Gasteiger partial charge in [-0.3, -0.25) is 0 Å². The second-order valence-corrected chi connectivity index (χ2v) is 3.48. The number of benzene rings is 1.